The zero-order valence-electron chi connectivity index (χ0n) is 11.3. The molecule has 0 aromatic heterocycles. The van der Waals surface area contributed by atoms with Gasteiger partial charge in [-0.1, -0.05) is 15.9 Å². The van der Waals surface area contributed by atoms with Crippen LogP contribution in [-0.4, -0.2) is 29.0 Å². The Morgan fingerprint density at radius 2 is 2.05 bits per heavy atom. The molecule has 1 aromatic rings. The zero-order chi connectivity index (χ0) is 14.3. The molecule has 2 N–H and O–H groups in total. The first kappa shape index (κ1) is 13.8. The van der Waals surface area contributed by atoms with Gasteiger partial charge in [-0.15, -0.1) is 0 Å². The van der Waals surface area contributed by atoms with Gasteiger partial charge in [0.1, 0.15) is 5.69 Å². The smallest absolute Gasteiger partial charge is 0.293 e. The lowest BCUT2D eigenvalue weighted by molar-refractivity contribution is -0.384. The highest BCUT2D eigenvalue weighted by molar-refractivity contribution is 9.10. The summed E-state index contributed by atoms with van der Waals surface area (Å²) >= 11 is 3.47. The first-order chi connectivity index (χ1) is 9.58. The molecule has 0 spiro atoms. The van der Waals surface area contributed by atoms with Crippen LogP contribution in [0.1, 0.15) is 30.4 Å². The second kappa shape index (κ2) is 5.33. The lowest BCUT2D eigenvalue weighted by Crippen LogP contribution is -2.37. The number of nitro groups is 1. The zero-order valence-corrected chi connectivity index (χ0v) is 12.9. The van der Waals surface area contributed by atoms with Crippen LogP contribution in [0.15, 0.2) is 10.5 Å². The van der Waals surface area contributed by atoms with Crippen molar-refractivity contribution in [3.8, 4) is 0 Å². The molecule has 3 rings (SSSR count). The van der Waals surface area contributed by atoms with Crippen LogP contribution in [0.25, 0.3) is 0 Å². The van der Waals surface area contributed by atoms with E-state index in [1.807, 2.05) is 0 Å². The molecule has 1 unspecified atom stereocenters. The maximum atomic E-state index is 11.1. The Morgan fingerprint density at radius 1 is 1.35 bits per heavy atom. The molecule has 0 amide bonds. The highest BCUT2D eigenvalue weighted by Gasteiger charge is 2.31. The first-order valence-corrected chi connectivity index (χ1v) is 7.85. The topological polar surface area (TPSA) is 72.4 Å². The number of hydrogen-bond acceptors (Lipinski definition) is 4. The molecule has 1 saturated heterocycles. The fourth-order valence-electron chi connectivity index (χ4n) is 3.47. The van der Waals surface area contributed by atoms with Crippen molar-refractivity contribution in [2.75, 3.05) is 18.8 Å². The van der Waals surface area contributed by atoms with Crippen molar-refractivity contribution < 1.29 is 4.92 Å². The SMILES string of the molecule is Nc1c([N+](=O)[O-])cc(Br)c2c1CC(N1CCCC1)CC2. The second-order valence-electron chi connectivity index (χ2n) is 5.65. The lowest BCUT2D eigenvalue weighted by Gasteiger charge is -2.33. The van der Waals surface area contributed by atoms with Crippen molar-refractivity contribution in [1.82, 2.24) is 4.90 Å². The minimum atomic E-state index is -0.389. The molecule has 1 fully saturated rings. The summed E-state index contributed by atoms with van der Waals surface area (Å²) in [4.78, 5) is 13.2. The summed E-state index contributed by atoms with van der Waals surface area (Å²) in [6.07, 6.45) is 5.42. The maximum Gasteiger partial charge on any atom is 0.293 e. The first-order valence-electron chi connectivity index (χ1n) is 7.06. The third-order valence-electron chi connectivity index (χ3n) is 4.54. The Bertz CT molecular complexity index is 556. The number of nitro benzene ring substituents is 1. The molecular weight excluding hydrogens is 322 g/mol. The van der Waals surface area contributed by atoms with Gasteiger partial charge < -0.3 is 10.6 Å². The molecule has 1 atom stereocenters. The van der Waals surface area contributed by atoms with E-state index in [0.717, 1.165) is 48.0 Å². The van der Waals surface area contributed by atoms with Crippen LogP contribution in [-0.2, 0) is 12.8 Å². The van der Waals surface area contributed by atoms with Gasteiger partial charge >= 0.3 is 0 Å². The van der Waals surface area contributed by atoms with Crippen molar-refractivity contribution in [3.05, 3.63) is 31.8 Å². The number of anilines is 1. The predicted molar refractivity (Wildman–Crippen MR) is 81.8 cm³/mol. The van der Waals surface area contributed by atoms with E-state index < -0.39 is 0 Å². The number of benzene rings is 1. The number of nitrogens with two attached hydrogens (primary N) is 1. The maximum absolute atomic E-state index is 11.1. The van der Waals surface area contributed by atoms with Gasteiger partial charge in [-0.25, -0.2) is 0 Å². The average Bonchev–Trinajstić information content (AvgIpc) is 2.96. The number of nitrogen functional groups attached to an aromatic ring is 1. The Labute approximate surface area is 126 Å². The van der Waals surface area contributed by atoms with E-state index in [-0.39, 0.29) is 10.6 Å². The Balaban J connectivity index is 1.96. The molecular formula is C14H18BrN3O2. The molecule has 0 radical (unpaired) electrons. The Kier molecular flexibility index (Phi) is 3.69. The second-order valence-corrected chi connectivity index (χ2v) is 6.50. The number of likely N-dealkylation sites (tertiary alicyclic amines) is 1. The molecule has 108 valence electrons. The summed E-state index contributed by atoms with van der Waals surface area (Å²) in [6.45, 7) is 2.30. The number of hydrogen-bond donors (Lipinski definition) is 1. The fourth-order valence-corrected chi connectivity index (χ4v) is 4.12. The van der Waals surface area contributed by atoms with E-state index >= 15 is 0 Å². The van der Waals surface area contributed by atoms with Crippen LogP contribution in [0.3, 0.4) is 0 Å². The van der Waals surface area contributed by atoms with E-state index in [0.29, 0.717) is 11.7 Å². The minimum Gasteiger partial charge on any atom is -0.393 e. The Hall–Kier alpha value is -1.14. The number of rotatable bonds is 2. The summed E-state index contributed by atoms with van der Waals surface area (Å²) in [5, 5.41) is 11.1. The van der Waals surface area contributed by atoms with Gasteiger partial charge in [-0.3, -0.25) is 10.1 Å². The quantitative estimate of drug-likeness (QED) is 0.510. The van der Waals surface area contributed by atoms with Gasteiger partial charge in [0.15, 0.2) is 0 Å². The van der Waals surface area contributed by atoms with Gasteiger partial charge in [0.25, 0.3) is 5.69 Å². The molecule has 1 heterocycles. The van der Waals surface area contributed by atoms with E-state index in [4.69, 9.17) is 5.73 Å². The van der Waals surface area contributed by atoms with Crippen LogP contribution in [0, 0.1) is 10.1 Å². The van der Waals surface area contributed by atoms with Gasteiger partial charge in [0, 0.05) is 16.6 Å². The van der Waals surface area contributed by atoms with E-state index in [2.05, 4.69) is 20.8 Å². The van der Waals surface area contributed by atoms with E-state index in [9.17, 15) is 10.1 Å². The third kappa shape index (κ3) is 2.31. The molecule has 0 saturated carbocycles. The van der Waals surface area contributed by atoms with Crippen LogP contribution in [0.5, 0.6) is 0 Å². The van der Waals surface area contributed by atoms with Crippen molar-refractivity contribution in [2.45, 2.75) is 38.1 Å². The molecule has 1 aliphatic carbocycles. The summed E-state index contributed by atoms with van der Waals surface area (Å²) in [5.41, 5.74) is 8.57. The highest BCUT2D eigenvalue weighted by Crippen LogP contribution is 2.39. The third-order valence-corrected chi connectivity index (χ3v) is 5.25. The van der Waals surface area contributed by atoms with Crippen molar-refractivity contribution in [2.24, 2.45) is 0 Å². The van der Waals surface area contributed by atoms with Gasteiger partial charge in [0.05, 0.1) is 4.92 Å². The monoisotopic (exact) mass is 339 g/mol. The van der Waals surface area contributed by atoms with Crippen molar-refractivity contribution >= 4 is 27.3 Å². The van der Waals surface area contributed by atoms with Crippen molar-refractivity contribution in [3.63, 3.8) is 0 Å². The van der Waals surface area contributed by atoms with E-state index in [1.54, 1.807) is 6.07 Å². The van der Waals surface area contributed by atoms with E-state index in [1.165, 1.54) is 12.8 Å². The standard InChI is InChI=1S/C14H18BrN3O2/c15-12-8-13(18(19)20)14(16)11-7-9(3-4-10(11)12)17-5-1-2-6-17/h8-9H,1-7,16H2. The lowest BCUT2D eigenvalue weighted by atomic mass is 9.86. The predicted octanol–water partition coefficient (Wildman–Crippen LogP) is 2.89. The van der Waals surface area contributed by atoms with Gasteiger partial charge in [0.2, 0.25) is 0 Å². The summed E-state index contributed by atoms with van der Waals surface area (Å²) in [5.74, 6) is 0. The van der Waals surface area contributed by atoms with Crippen molar-refractivity contribution in [1.29, 1.82) is 0 Å². The number of fused-ring (bicyclic) bond motifs is 1. The summed E-state index contributed by atoms with van der Waals surface area (Å²) in [6, 6.07) is 2.03. The Morgan fingerprint density at radius 3 is 2.70 bits per heavy atom. The molecule has 1 aromatic carbocycles. The van der Waals surface area contributed by atoms with Crippen LogP contribution in [0.4, 0.5) is 11.4 Å². The molecule has 5 nitrogen and oxygen atoms in total. The van der Waals surface area contributed by atoms with Gasteiger partial charge in [-0.2, -0.15) is 0 Å². The fraction of sp³-hybridized carbons (Fsp3) is 0.571. The summed E-state index contributed by atoms with van der Waals surface area (Å²) < 4.78 is 0.827. The minimum absolute atomic E-state index is 0.0256. The van der Waals surface area contributed by atoms with Gasteiger partial charge in [-0.05, 0) is 56.3 Å². The molecule has 6 heteroatoms. The summed E-state index contributed by atoms with van der Waals surface area (Å²) in [7, 11) is 0. The normalized spacial score (nSPS) is 22.8. The molecule has 0 bridgehead atoms. The average molecular weight is 340 g/mol. The van der Waals surface area contributed by atoms with Crippen LogP contribution >= 0.6 is 15.9 Å². The largest absolute Gasteiger partial charge is 0.393 e. The number of halogens is 1. The molecule has 2 aliphatic rings. The van der Waals surface area contributed by atoms with Crippen LogP contribution in [0.2, 0.25) is 0 Å². The number of nitrogens with zero attached hydrogens (tertiary/aromatic N) is 2. The highest BCUT2D eigenvalue weighted by atomic mass is 79.9. The molecule has 1 aliphatic heterocycles. The van der Waals surface area contributed by atoms with Crippen LogP contribution < -0.4 is 5.73 Å². The molecule has 20 heavy (non-hydrogen) atoms.